The van der Waals surface area contributed by atoms with E-state index in [0.29, 0.717) is 29.6 Å². The fourth-order valence-corrected chi connectivity index (χ4v) is 7.59. The number of amides is 1. The Kier molecular flexibility index (Phi) is 11.4. The van der Waals surface area contributed by atoms with E-state index in [9.17, 15) is 13.2 Å². The first-order valence-electron chi connectivity index (χ1n) is 13.4. The topological polar surface area (TPSA) is 102 Å². The Morgan fingerprint density at radius 1 is 1.05 bits per heavy atom. The molecule has 1 amide bonds. The molecule has 216 valence electrons. The summed E-state index contributed by atoms with van der Waals surface area (Å²) in [5.74, 6) is 1.65. The van der Waals surface area contributed by atoms with Gasteiger partial charge >= 0.3 is 29.6 Å². The van der Waals surface area contributed by atoms with Gasteiger partial charge in [0.05, 0.1) is 29.6 Å². The van der Waals surface area contributed by atoms with Gasteiger partial charge in [-0.2, -0.15) is 8.42 Å². The van der Waals surface area contributed by atoms with Gasteiger partial charge in [-0.3, -0.25) is 8.98 Å². The average molecular weight is 674 g/mol. The number of benzene rings is 1. The molecule has 1 aromatic carbocycles. The van der Waals surface area contributed by atoms with E-state index in [4.69, 9.17) is 8.92 Å². The van der Waals surface area contributed by atoms with E-state index in [-0.39, 0.29) is 61.0 Å². The van der Waals surface area contributed by atoms with Crippen LogP contribution in [0.15, 0.2) is 58.0 Å². The molecule has 2 fully saturated rings. The van der Waals surface area contributed by atoms with Crippen LogP contribution in [0.5, 0.6) is 0 Å². The Morgan fingerprint density at radius 2 is 1.83 bits per heavy atom. The number of fused-ring (bicyclic) bond motifs is 1. The normalized spacial score (nSPS) is 20.1. The molecule has 1 aliphatic heterocycles. The van der Waals surface area contributed by atoms with Gasteiger partial charge in [-0.1, -0.05) is 17.7 Å². The minimum atomic E-state index is -3.83. The Bertz CT molecular complexity index is 1430. The molecule has 13 heteroatoms. The summed E-state index contributed by atoms with van der Waals surface area (Å²) >= 11 is 4.91. The SMILES string of the molecule is Cc1ccc(S(=O)(=O)OCCOCCN(c2ccc(Br)nn2)[C@@H]2CC[C@H]3CN(C(=O)c4ccc(C)s4)C[C@H]32)cc1.[H-].[Na+]. The minimum absolute atomic E-state index is 0. The Labute approximate surface area is 277 Å². The van der Waals surface area contributed by atoms with Crippen molar-refractivity contribution in [2.45, 2.75) is 37.6 Å². The summed E-state index contributed by atoms with van der Waals surface area (Å²) in [5.41, 5.74) is 0.977. The number of rotatable bonds is 11. The monoisotopic (exact) mass is 672 g/mol. The third kappa shape index (κ3) is 7.97. The molecule has 0 radical (unpaired) electrons. The number of aryl methyl sites for hydroxylation is 2. The molecule has 9 nitrogen and oxygen atoms in total. The van der Waals surface area contributed by atoms with Crippen LogP contribution in [0.1, 0.15) is 34.4 Å². The van der Waals surface area contributed by atoms with Crippen LogP contribution in [0.2, 0.25) is 0 Å². The molecular weight excluding hydrogens is 639 g/mol. The van der Waals surface area contributed by atoms with Crippen LogP contribution in [0.25, 0.3) is 0 Å². The summed E-state index contributed by atoms with van der Waals surface area (Å²) in [6.45, 7) is 6.42. The van der Waals surface area contributed by atoms with Gasteiger partial charge < -0.3 is 16.0 Å². The first-order chi connectivity index (χ1) is 19.2. The average Bonchev–Trinajstić information content (AvgIpc) is 3.65. The zero-order valence-corrected chi connectivity index (χ0v) is 28.8. The molecule has 3 atom stereocenters. The number of thiophene rings is 1. The predicted octanol–water partition coefficient (Wildman–Crippen LogP) is 1.81. The van der Waals surface area contributed by atoms with Crippen LogP contribution in [0.4, 0.5) is 5.82 Å². The maximum Gasteiger partial charge on any atom is 1.00 e. The van der Waals surface area contributed by atoms with Crippen molar-refractivity contribution in [1.82, 2.24) is 15.1 Å². The third-order valence-electron chi connectivity index (χ3n) is 7.62. The predicted molar refractivity (Wildman–Crippen MR) is 158 cm³/mol. The fraction of sp³-hybridized carbons (Fsp3) is 0.464. The van der Waals surface area contributed by atoms with Gasteiger partial charge in [0.15, 0.2) is 5.82 Å². The van der Waals surface area contributed by atoms with Crippen LogP contribution in [0, 0.1) is 25.7 Å². The summed E-state index contributed by atoms with van der Waals surface area (Å²) < 4.78 is 36.4. The molecule has 41 heavy (non-hydrogen) atoms. The molecule has 2 aromatic heterocycles. The van der Waals surface area contributed by atoms with Gasteiger partial charge in [0, 0.05) is 36.5 Å². The van der Waals surface area contributed by atoms with Gasteiger partial charge in [0.1, 0.15) is 4.60 Å². The zero-order valence-electron chi connectivity index (χ0n) is 24.5. The van der Waals surface area contributed by atoms with Gasteiger partial charge in [-0.05, 0) is 84.9 Å². The van der Waals surface area contributed by atoms with E-state index in [1.54, 1.807) is 23.5 Å². The molecule has 0 bridgehead atoms. The molecule has 3 aromatic rings. The maximum atomic E-state index is 13.1. The smallest absolute Gasteiger partial charge is 1.00 e. The summed E-state index contributed by atoms with van der Waals surface area (Å²) in [4.78, 5) is 19.4. The van der Waals surface area contributed by atoms with Crippen molar-refractivity contribution in [2.75, 3.05) is 44.4 Å². The number of nitrogens with zero attached hydrogens (tertiary/aromatic N) is 4. The van der Waals surface area contributed by atoms with Crippen LogP contribution in [0.3, 0.4) is 0 Å². The Hall–Kier alpha value is -1.38. The Morgan fingerprint density at radius 3 is 2.51 bits per heavy atom. The van der Waals surface area contributed by atoms with Crippen LogP contribution in [-0.2, 0) is 19.0 Å². The van der Waals surface area contributed by atoms with Gasteiger partial charge in [-0.15, -0.1) is 21.5 Å². The van der Waals surface area contributed by atoms with Crippen molar-refractivity contribution < 1.29 is 53.1 Å². The summed E-state index contributed by atoms with van der Waals surface area (Å²) in [6, 6.07) is 14.5. The van der Waals surface area contributed by atoms with Crippen molar-refractivity contribution in [1.29, 1.82) is 0 Å². The molecule has 1 saturated carbocycles. The first-order valence-corrected chi connectivity index (χ1v) is 16.4. The van der Waals surface area contributed by atoms with Gasteiger partial charge in [-0.25, -0.2) is 0 Å². The molecule has 0 spiro atoms. The molecule has 2 aliphatic rings. The number of aromatic nitrogens is 2. The molecule has 5 rings (SSSR count). The van der Waals surface area contributed by atoms with Crippen molar-refractivity contribution in [2.24, 2.45) is 11.8 Å². The van der Waals surface area contributed by atoms with Gasteiger partial charge in [0.25, 0.3) is 16.0 Å². The zero-order chi connectivity index (χ0) is 28.3. The fourth-order valence-electron chi connectivity index (χ4n) is 5.65. The van der Waals surface area contributed by atoms with Crippen LogP contribution >= 0.6 is 27.3 Å². The van der Waals surface area contributed by atoms with Crippen LogP contribution < -0.4 is 34.5 Å². The van der Waals surface area contributed by atoms with E-state index in [2.05, 4.69) is 31.0 Å². The van der Waals surface area contributed by atoms with Crippen molar-refractivity contribution >= 4 is 49.1 Å². The largest absolute Gasteiger partial charge is 1.00 e. The van der Waals surface area contributed by atoms with Gasteiger partial charge in [0.2, 0.25) is 0 Å². The van der Waals surface area contributed by atoms with Crippen molar-refractivity contribution in [3.05, 3.63) is 68.5 Å². The molecule has 3 heterocycles. The second-order valence-electron chi connectivity index (χ2n) is 10.3. The molecule has 0 unspecified atom stereocenters. The second-order valence-corrected chi connectivity index (χ2v) is 14.0. The van der Waals surface area contributed by atoms with E-state index >= 15 is 0 Å². The number of likely N-dealkylation sites (tertiary alicyclic amines) is 1. The van der Waals surface area contributed by atoms with Crippen molar-refractivity contribution in [3.8, 4) is 0 Å². The Balaban J connectivity index is 0.00000242. The minimum Gasteiger partial charge on any atom is -1.00 e. The molecule has 0 N–H and O–H groups in total. The quantitative estimate of drug-likeness (QED) is 0.173. The first kappa shape index (κ1) is 32.5. The number of hydrogen-bond donors (Lipinski definition) is 0. The van der Waals surface area contributed by atoms with E-state index in [1.165, 1.54) is 12.1 Å². The second kappa shape index (κ2) is 14.4. The molecule has 1 saturated heterocycles. The standard InChI is InChI=1S/C28H33BrN4O5S2.Na.H/c1-19-3-7-22(8-4-19)40(35,36)38-16-15-37-14-13-33(27-12-11-26(29)30-31-27)24-9-6-21-17-32(18-23(21)24)28(34)25-10-5-20(2)39-25;;/h3-5,7-8,10-12,21,23-24H,6,9,13-18H2,1-2H3;;/q;+1;-1/t21-,23+,24+;;/m0../s1. The molecule has 1 aliphatic carbocycles. The van der Waals surface area contributed by atoms with E-state index in [1.807, 2.05) is 43.0 Å². The number of carbonyl (C=O) groups excluding carboxylic acids is 1. The number of carbonyl (C=O) groups is 1. The van der Waals surface area contributed by atoms with Crippen molar-refractivity contribution in [3.63, 3.8) is 0 Å². The number of ether oxygens (including phenoxy) is 1. The van der Waals surface area contributed by atoms with E-state index < -0.39 is 10.1 Å². The maximum absolute atomic E-state index is 13.1. The van der Waals surface area contributed by atoms with E-state index in [0.717, 1.165) is 47.1 Å². The summed E-state index contributed by atoms with van der Waals surface area (Å²) in [7, 11) is -3.83. The van der Waals surface area contributed by atoms with Crippen LogP contribution in [-0.4, -0.2) is 74.9 Å². The third-order valence-corrected chi connectivity index (χ3v) is 10.4. The summed E-state index contributed by atoms with van der Waals surface area (Å²) in [5, 5.41) is 8.61. The number of halogens is 1. The number of anilines is 1. The summed E-state index contributed by atoms with van der Waals surface area (Å²) in [6.07, 6.45) is 2.06. The number of hydrogen-bond acceptors (Lipinski definition) is 9. The molecular formula is C28H34BrN4NaO5S2.